The first-order valence-corrected chi connectivity index (χ1v) is 9.11. The fourth-order valence-electron chi connectivity index (χ4n) is 3.11. The summed E-state index contributed by atoms with van der Waals surface area (Å²) in [6, 6.07) is 25.2. The predicted octanol–water partition coefficient (Wildman–Crippen LogP) is 4.92. The Labute approximate surface area is 162 Å². The van der Waals surface area contributed by atoms with Gasteiger partial charge in [0.05, 0.1) is 21.7 Å². The summed E-state index contributed by atoms with van der Waals surface area (Å²) >= 11 is 6.15. The molecule has 0 fully saturated rings. The smallest absolute Gasteiger partial charge is 0.244 e. The van der Waals surface area contributed by atoms with Gasteiger partial charge in [-0.25, -0.2) is 4.98 Å². The Hall–Kier alpha value is -3.11. The van der Waals surface area contributed by atoms with Crippen LogP contribution < -0.4 is 5.32 Å². The molecule has 4 rings (SSSR count). The number of carbonyl (C=O) groups excluding carboxylic acids is 1. The van der Waals surface area contributed by atoms with E-state index in [0.717, 1.165) is 22.4 Å². The standard InChI is InChI=1S/C22H18ClN3O/c23-17-10-4-5-11-18(17)25-22(27)15-26-20-13-7-6-12-19(20)24-21(26)14-16-8-2-1-3-9-16/h1-13H,14-15H2,(H,25,27). The van der Waals surface area contributed by atoms with Crippen molar-refractivity contribution in [2.24, 2.45) is 0 Å². The van der Waals surface area contributed by atoms with E-state index >= 15 is 0 Å². The summed E-state index contributed by atoms with van der Waals surface area (Å²) in [5, 5.41) is 3.40. The number of imidazole rings is 1. The number of halogens is 1. The number of hydrogen-bond donors (Lipinski definition) is 1. The second kappa shape index (κ2) is 7.64. The van der Waals surface area contributed by atoms with E-state index < -0.39 is 0 Å². The van der Waals surface area contributed by atoms with Crippen molar-refractivity contribution in [2.45, 2.75) is 13.0 Å². The van der Waals surface area contributed by atoms with Crippen molar-refractivity contribution in [1.29, 1.82) is 0 Å². The zero-order valence-corrected chi connectivity index (χ0v) is 15.4. The minimum absolute atomic E-state index is 0.138. The number of nitrogens with one attached hydrogen (secondary N) is 1. The van der Waals surface area contributed by atoms with Gasteiger partial charge in [0.15, 0.2) is 0 Å². The van der Waals surface area contributed by atoms with Gasteiger partial charge in [0.1, 0.15) is 12.4 Å². The van der Waals surface area contributed by atoms with Gasteiger partial charge in [-0.2, -0.15) is 0 Å². The highest BCUT2D eigenvalue weighted by molar-refractivity contribution is 6.33. The zero-order valence-electron chi connectivity index (χ0n) is 14.6. The number of aromatic nitrogens is 2. The van der Waals surface area contributed by atoms with Gasteiger partial charge in [-0.3, -0.25) is 4.79 Å². The maximum Gasteiger partial charge on any atom is 0.244 e. The molecule has 0 saturated carbocycles. The molecule has 0 radical (unpaired) electrons. The quantitative estimate of drug-likeness (QED) is 0.538. The third-order valence-electron chi connectivity index (χ3n) is 4.39. The molecule has 0 aliphatic rings. The van der Waals surface area contributed by atoms with Gasteiger partial charge in [-0.1, -0.05) is 66.2 Å². The van der Waals surface area contributed by atoms with Gasteiger partial charge in [-0.05, 0) is 29.8 Å². The third-order valence-corrected chi connectivity index (χ3v) is 4.72. The van der Waals surface area contributed by atoms with Gasteiger partial charge in [0, 0.05) is 6.42 Å². The van der Waals surface area contributed by atoms with Crippen LogP contribution in [-0.4, -0.2) is 15.5 Å². The van der Waals surface area contributed by atoms with Crippen LogP contribution in [0, 0.1) is 0 Å². The van der Waals surface area contributed by atoms with E-state index in [2.05, 4.69) is 17.4 Å². The molecule has 27 heavy (non-hydrogen) atoms. The highest BCUT2D eigenvalue weighted by Crippen LogP contribution is 2.22. The van der Waals surface area contributed by atoms with Gasteiger partial charge in [-0.15, -0.1) is 0 Å². The number of benzene rings is 3. The molecule has 5 heteroatoms. The Kier molecular flexibility index (Phi) is 4.90. The highest BCUT2D eigenvalue weighted by atomic mass is 35.5. The third kappa shape index (κ3) is 3.86. The monoisotopic (exact) mass is 375 g/mol. The molecule has 1 amide bonds. The second-order valence-electron chi connectivity index (χ2n) is 6.29. The number of para-hydroxylation sites is 3. The maximum atomic E-state index is 12.7. The first kappa shape index (κ1) is 17.3. The summed E-state index contributed by atoms with van der Waals surface area (Å²) in [7, 11) is 0. The molecule has 134 valence electrons. The largest absolute Gasteiger partial charge is 0.323 e. The van der Waals surface area contributed by atoms with Crippen LogP contribution in [0.1, 0.15) is 11.4 Å². The first-order chi connectivity index (χ1) is 13.2. The lowest BCUT2D eigenvalue weighted by Gasteiger charge is -2.11. The molecule has 4 nitrogen and oxygen atoms in total. The van der Waals surface area contributed by atoms with Crippen molar-refractivity contribution in [1.82, 2.24) is 9.55 Å². The average Bonchev–Trinajstić information content (AvgIpc) is 3.02. The first-order valence-electron chi connectivity index (χ1n) is 8.73. The molecule has 4 aromatic rings. The van der Waals surface area contributed by atoms with E-state index in [4.69, 9.17) is 16.6 Å². The number of anilines is 1. The van der Waals surface area contributed by atoms with E-state index in [1.807, 2.05) is 59.2 Å². The van der Waals surface area contributed by atoms with Crippen molar-refractivity contribution in [3.63, 3.8) is 0 Å². The molecule has 1 N–H and O–H groups in total. The van der Waals surface area contributed by atoms with Crippen molar-refractivity contribution < 1.29 is 4.79 Å². The predicted molar refractivity (Wildman–Crippen MR) is 109 cm³/mol. The van der Waals surface area contributed by atoms with Crippen LogP contribution >= 0.6 is 11.6 Å². The summed E-state index contributed by atoms with van der Waals surface area (Å²) in [6.45, 7) is 0.175. The van der Waals surface area contributed by atoms with Gasteiger partial charge < -0.3 is 9.88 Å². The minimum Gasteiger partial charge on any atom is -0.323 e. The van der Waals surface area contributed by atoms with Crippen molar-refractivity contribution in [3.8, 4) is 0 Å². The van der Waals surface area contributed by atoms with Gasteiger partial charge >= 0.3 is 0 Å². The molecule has 1 heterocycles. The van der Waals surface area contributed by atoms with E-state index in [9.17, 15) is 4.79 Å². The molecule has 0 saturated heterocycles. The topological polar surface area (TPSA) is 46.9 Å². The molecule has 0 aliphatic heterocycles. The van der Waals surface area contributed by atoms with Crippen LogP contribution in [0.4, 0.5) is 5.69 Å². The number of fused-ring (bicyclic) bond motifs is 1. The summed E-state index contributed by atoms with van der Waals surface area (Å²) in [5.41, 5.74) is 3.59. The van der Waals surface area contributed by atoms with Crippen LogP contribution in [0.25, 0.3) is 11.0 Å². The Bertz CT molecular complexity index is 1090. The minimum atomic E-state index is -0.138. The molecule has 3 aromatic carbocycles. The lowest BCUT2D eigenvalue weighted by Crippen LogP contribution is -2.20. The molecular weight excluding hydrogens is 358 g/mol. The fourth-order valence-corrected chi connectivity index (χ4v) is 3.29. The maximum absolute atomic E-state index is 12.7. The molecule has 0 atom stereocenters. The lowest BCUT2D eigenvalue weighted by atomic mass is 10.1. The van der Waals surface area contributed by atoms with Crippen molar-refractivity contribution in [2.75, 3.05) is 5.32 Å². The van der Waals surface area contributed by atoms with E-state index in [1.165, 1.54) is 0 Å². The number of carbonyl (C=O) groups is 1. The van der Waals surface area contributed by atoms with Crippen LogP contribution in [0.2, 0.25) is 5.02 Å². The zero-order chi connectivity index (χ0) is 18.6. The number of hydrogen-bond acceptors (Lipinski definition) is 2. The van der Waals surface area contributed by atoms with Crippen molar-refractivity contribution >= 4 is 34.2 Å². The number of amides is 1. The van der Waals surface area contributed by atoms with E-state index in [-0.39, 0.29) is 12.5 Å². The Morgan fingerprint density at radius 3 is 2.44 bits per heavy atom. The highest BCUT2D eigenvalue weighted by Gasteiger charge is 2.14. The Balaban J connectivity index is 1.64. The molecule has 0 aliphatic carbocycles. The van der Waals surface area contributed by atoms with Gasteiger partial charge in [0.2, 0.25) is 5.91 Å². The molecule has 0 unspecified atom stereocenters. The summed E-state index contributed by atoms with van der Waals surface area (Å²) in [4.78, 5) is 17.4. The summed E-state index contributed by atoms with van der Waals surface area (Å²) < 4.78 is 1.97. The van der Waals surface area contributed by atoms with Crippen LogP contribution in [0.15, 0.2) is 78.9 Å². The summed E-state index contributed by atoms with van der Waals surface area (Å²) in [6.07, 6.45) is 0.662. The molecule has 0 bridgehead atoms. The average molecular weight is 376 g/mol. The molecule has 0 spiro atoms. The van der Waals surface area contributed by atoms with Crippen molar-refractivity contribution in [3.05, 3.63) is 95.3 Å². The van der Waals surface area contributed by atoms with Crippen LogP contribution in [-0.2, 0) is 17.8 Å². The SMILES string of the molecule is O=C(Cn1c(Cc2ccccc2)nc2ccccc21)Nc1ccccc1Cl. The fraction of sp³-hybridized carbons (Fsp3) is 0.0909. The Morgan fingerprint density at radius 2 is 1.63 bits per heavy atom. The van der Waals surface area contributed by atoms with Crippen LogP contribution in [0.5, 0.6) is 0 Å². The molecular formula is C22H18ClN3O. The van der Waals surface area contributed by atoms with Gasteiger partial charge in [0.25, 0.3) is 0 Å². The number of nitrogens with zero attached hydrogens (tertiary/aromatic N) is 2. The normalized spacial score (nSPS) is 10.9. The van der Waals surface area contributed by atoms with Crippen LogP contribution in [0.3, 0.4) is 0 Å². The van der Waals surface area contributed by atoms with E-state index in [1.54, 1.807) is 12.1 Å². The number of rotatable bonds is 5. The summed E-state index contributed by atoms with van der Waals surface area (Å²) in [5.74, 6) is 0.720. The lowest BCUT2D eigenvalue weighted by molar-refractivity contribution is -0.116. The Morgan fingerprint density at radius 1 is 0.926 bits per heavy atom. The molecule has 1 aromatic heterocycles. The second-order valence-corrected chi connectivity index (χ2v) is 6.70. The van der Waals surface area contributed by atoms with E-state index in [0.29, 0.717) is 17.1 Å².